The zero-order valence-corrected chi connectivity index (χ0v) is 16.0. The Kier molecular flexibility index (Phi) is 5.50. The summed E-state index contributed by atoms with van der Waals surface area (Å²) < 4.78 is 18.4. The molecule has 0 radical (unpaired) electrons. The summed E-state index contributed by atoms with van der Waals surface area (Å²) in [5.41, 5.74) is 3.58. The smallest absolute Gasteiger partial charge is 0.203 e. The minimum absolute atomic E-state index is 0.0807. The van der Waals surface area contributed by atoms with Crippen molar-refractivity contribution in [3.8, 4) is 22.9 Å². The second-order valence-corrected chi connectivity index (χ2v) is 6.16. The van der Waals surface area contributed by atoms with E-state index in [1.807, 2.05) is 50.2 Å². The van der Waals surface area contributed by atoms with Gasteiger partial charge in [-0.3, -0.25) is 4.79 Å². The fourth-order valence-electron chi connectivity index (χ4n) is 3.21. The average molecular weight is 365 g/mol. The van der Waals surface area contributed by atoms with Gasteiger partial charge in [-0.15, -0.1) is 0 Å². The van der Waals surface area contributed by atoms with Gasteiger partial charge < -0.3 is 18.8 Å². The Morgan fingerprint density at radius 2 is 1.63 bits per heavy atom. The van der Waals surface area contributed by atoms with E-state index in [4.69, 9.17) is 14.2 Å². The van der Waals surface area contributed by atoms with Crippen LogP contribution in [0.5, 0.6) is 17.2 Å². The molecule has 0 aliphatic rings. The summed E-state index contributed by atoms with van der Waals surface area (Å²) in [5, 5.41) is 0. The molecule has 2 aromatic carbocycles. The molecule has 3 aromatic rings. The molecule has 0 aliphatic carbocycles. The van der Waals surface area contributed by atoms with E-state index < -0.39 is 0 Å². The summed E-state index contributed by atoms with van der Waals surface area (Å²) in [6.07, 6.45) is 0. The van der Waals surface area contributed by atoms with Crippen LogP contribution in [-0.2, 0) is 0 Å². The van der Waals surface area contributed by atoms with Crippen LogP contribution in [0.15, 0.2) is 54.6 Å². The van der Waals surface area contributed by atoms with Gasteiger partial charge in [0.05, 0.1) is 14.2 Å². The monoisotopic (exact) mass is 365 g/mol. The first-order valence-corrected chi connectivity index (χ1v) is 8.68. The molecule has 1 heterocycles. The lowest BCUT2D eigenvalue weighted by Gasteiger charge is -2.13. The molecule has 0 atom stereocenters. The second-order valence-electron chi connectivity index (χ2n) is 6.16. The van der Waals surface area contributed by atoms with Crippen molar-refractivity contribution in [2.45, 2.75) is 13.8 Å². The van der Waals surface area contributed by atoms with Crippen molar-refractivity contribution in [3.63, 3.8) is 0 Å². The Bertz CT molecular complexity index is 944. The number of aryl methyl sites for hydroxylation is 1. The van der Waals surface area contributed by atoms with Crippen LogP contribution >= 0.6 is 0 Å². The molecular weight excluding hydrogens is 342 g/mol. The number of Topliss-reactive ketones (excluding diaryl/α,β-unsaturated/α-hetero) is 1. The quantitative estimate of drug-likeness (QED) is 0.583. The summed E-state index contributed by atoms with van der Waals surface area (Å²) in [6, 6.07) is 17.2. The van der Waals surface area contributed by atoms with Crippen LogP contribution in [0.25, 0.3) is 5.69 Å². The largest absolute Gasteiger partial charge is 0.493 e. The van der Waals surface area contributed by atoms with E-state index in [0.29, 0.717) is 22.8 Å². The lowest BCUT2D eigenvalue weighted by molar-refractivity contribution is 0.0918. The van der Waals surface area contributed by atoms with Gasteiger partial charge in [-0.05, 0) is 44.2 Å². The van der Waals surface area contributed by atoms with Crippen molar-refractivity contribution >= 4 is 5.78 Å². The molecule has 0 amide bonds. The molecule has 0 spiro atoms. The van der Waals surface area contributed by atoms with Gasteiger partial charge in [0, 0.05) is 22.6 Å². The molecule has 27 heavy (non-hydrogen) atoms. The predicted octanol–water partition coefficient (Wildman–Crippen LogP) is 4.37. The topological polar surface area (TPSA) is 49.7 Å². The highest BCUT2D eigenvalue weighted by molar-refractivity contribution is 5.98. The second kappa shape index (κ2) is 7.99. The maximum Gasteiger partial charge on any atom is 0.203 e. The zero-order valence-electron chi connectivity index (χ0n) is 16.0. The van der Waals surface area contributed by atoms with Crippen LogP contribution in [0, 0.1) is 13.8 Å². The van der Waals surface area contributed by atoms with Gasteiger partial charge in [-0.2, -0.15) is 0 Å². The molecule has 140 valence electrons. The SMILES string of the molecule is COc1cccc(OCC(=O)c2cc(C)n(-c3ccccc3)c2C)c1OC. The maximum absolute atomic E-state index is 12.8. The highest BCUT2D eigenvalue weighted by Gasteiger charge is 2.18. The van der Waals surface area contributed by atoms with Crippen molar-refractivity contribution in [2.75, 3.05) is 20.8 Å². The van der Waals surface area contributed by atoms with E-state index in [2.05, 4.69) is 4.57 Å². The van der Waals surface area contributed by atoms with Crippen molar-refractivity contribution in [1.29, 1.82) is 0 Å². The third-order valence-corrected chi connectivity index (χ3v) is 4.47. The predicted molar refractivity (Wildman–Crippen MR) is 105 cm³/mol. The first kappa shape index (κ1) is 18.6. The third kappa shape index (κ3) is 3.67. The number of methoxy groups -OCH3 is 2. The van der Waals surface area contributed by atoms with Gasteiger partial charge in [-0.25, -0.2) is 0 Å². The van der Waals surface area contributed by atoms with Crippen molar-refractivity contribution in [2.24, 2.45) is 0 Å². The van der Waals surface area contributed by atoms with E-state index in [0.717, 1.165) is 17.1 Å². The van der Waals surface area contributed by atoms with Crippen molar-refractivity contribution in [1.82, 2.24) is 4.57 Å². The number of aromatic nitrogens is 1. The molecule has 0 N–H and O–H groups in total. The molecule has 0 fully saturated rings. The number of ketones is 1. The van der Waals surface area contributed by atoms with Crippen LogP contribution in [0.3, 0.4) is 0 Å². The number of carbonyl (C=O) groups is 1. The molecule has 5 heteroatoms. The zero-order chi connectivity index (χ0) is 19.4. The summed E-state index contributed by atoms with van der Waals surface area (Å²) in [6.45, 7) is 3.85. The van der Waals surface area contributed by atoms with Crippen molar-refractivity contribution in [3.05, 3.63) is 71.5 Å². The molecule has 0 saturated heterocycles. The van der Waals surface area contributed by atoms with Crippen LogP contribution < -0.4 is 14.2 Å². The Morgan fingerprint density at radius 1 is 0.926 bits per heavy atom. The van der Waals surface area contributed by atoms with Crippen LogP contribution in [-0.4, -0.2) is 31.2 Å². The first-order chi connectivity index (χ1) is 13.1. The van der Waals surface area contributed by atoms with Crippen LogP contribution in [0.1, 0.15) is 21.7 Å². The number of rotatable bonds is 7. The number of benzene rings is 2. The summed E-state index contributed by atoms with van der Waals surface area (Å²) >= 11 is 0. The van der Waals surface area contributed by atoms with Gasteiger partial charge in [0.2, 0.25) is 11.5 Å². The molecule has 0 bridgehead atoms. The van der Waals surface area contributed by atoms with E-state index in [1.54, 1.807) is 32.4 Å². The number of para-hydroxylation sites is 2. The molecule has 0 unspecified atom stereocenters. The van der Waals surface area contributed by atoms with E-state index in [1.165, 1.54) is 0 Å². The molecule has 5 nitrogen and oxygen atoms in total. The van der Waals surface area contributed by atoms with Gasteiger partial charge in [0.25, 0.3) is 0 Å². The fraction of sp³-hybridized carbons (Fsp3) is 0.227. The van der Waals surface area contributed by atoms with E-state index in [-0.39, 0.29) is 12.4 Å². The molecule has 1 aromatic heterocycles. The highest BCUT2D eigenvalue weighted by Crippen LogP contribution is 2.36. The molecular formula is C22H23NO4. The Hall–Kier alpha value is -3.21. The summed E-state index contributed by atoms with van der Waals surface area (Å²) in [4.78, 5) is 12.8. The molecule has 3 rings (SSSR count). The standard InChI is InChI=1S/C22H23NO4/c1-15-13-18(16(2)23(15)17-9-6-5-7-10-17)19(24)14-27-21-12-8-11-20(25-3)22(21)26-4/h5-13H,14H2,1-4H3. The van der Waals surface area contributed by atoms with E-state index >= 15 is 0 Å². The van der Waals surface area contributed by atoms with Gasteiger partial charge in [0.1, 0.15) is 0 Å². The Morgan fingerprint density at radius 3 is 2.30 bits per heavy atom. The van der Waals surface area contributed by atoms with Gasteiger partial charge in [0.15, 0.2) is 18.1 Å². The van der Waals surface area contributed by atoms with E-state index in [9.17, 15) is 4.79 Å². The lowest BCUT2D eigenvalue weighted by atomic mass is 10.1. The maximum atomic E-state index is 12.8. The Balaban J connectivity index is 1.82. The minimum Gasteiger partial charge on any atom is -0.493 e. The number of nitrogens with zero attached hydrogens (tertiary/aromatic N) is 1. The first-order valence-electron chi connectivity index (χ1n) is 8.68. The highest BCUT2D eigenvalue weighted by atomic mass is 16.5. The summed E-state index contributed by atoms with van der Waals surface area (Å²) in [5.74, 6) is 1.42. The molecule has 0 aliphatic heterocycles. The van der Waals surface area contributed by atoms with Crippen molar-refractivity contribution < 1.29 is 19.0 Å². The number of ether oxygens (including phenoxy) is 3. The number of hydrogen-bond acceptors (Lipinski definition) is 4. The number of hydrogen-bond donors (Lipinski definition) is 0. The Labute approximate surface area is 159 Å². The molecule has 0 saturated carbocycles. The minimum atomic E-state index is -0.0878. The fourth-order valence-corrected chi connectivity index (χ4v) is 3.21. The third-order valence-electron chi connectivity index (χ3n) is 4.47. The van der Waals surface area contributed by atoms with Crippen LogP contribution in [0.2, 0.25) is 0 Å². The van der Waals surface area contributed by atoms with Gasteiger partial charge in [-0.1, -0.05) is 24.3 Å². The number of carbonyl (C=O) groups excluding carboxylic acids is 1. The lowest BCUT2D eigenvalue weighted by Crippen LogP contribution is -2.13. The van der Waals surface area contributed by atoms with Gasteiger partial charge >= 0.3 is 0 Å². The average Bonchev–Trinajstić information content (AvgIpc) is 3.00. The van der Waals surface area contributed by atoms with Crippen LogP contribution in [0.4, 0.5) is 0 Å². The summed E-state index contributed by atoms with van der Waals surface area (Å²) in [7, 11) is 3.10. The normalized spacial score (nSPS) is 10.5.